The second-order valence-electron chi connectivity index (χ2n) is 5.82. The van der Waals surface area contributed by atoms with E-state index in [0.717, 1.165) is 25.1 Å². The number of nitrogens with zero attached hydrogens (tertiary/aromatic N) is 2. The first-order valence-electron chi connectivity index (χ1n) is 8.40. The van der Waals surface area contributed by atoms with Crippen molar-refractivity contribution in [3.63, 3.8) is 0 Å². The highest BCUT2D eigenvalue weighted by molar-refractivity contribution is 6.32. The van der Waals surface area contributed by atoms with E-state index < -0.39 is 0 Å². The number of rotatable bonds is 8. The molecule has 2 aromatic rings. The van der Waals surface area contributed by atoms with Gasteiger partial charge in [0.25, 0.3) is 5.91 Å². The third-order valence-electron chi connectivity index (χ3n) is 3.99. The summed E-state index contributed by atoms with van der Waals surface area (Å²) >= 11 is 6.08. The number of ether oxygens (including phenoxy) is 2. The molecule has 2 rings (SSSR count). The molecule has 0 fully saturated rings. The first-order valence-corrected chi connectivity index (χ1v) is 8.78. The van der Waals surface area contributed by atoms with Crippen LogP contribution in [0.15, 0.2) is 30.5 Å². The third-order valence-corrected chi connectivity index (χ3v) is 4.29. The summed E-state index contributed by atoms with van der Waals surface area (Å²) in [5.41, 5.74) is 1.75. The number of hydrogen-bond acceptors (Lipinski definition) is 5. The Labute approximate surface area is 159 Å². The van der Waals surface area contributed by atoms with Crippen LogP contribution >= 0.6 is 11.6 Å². The lowest BCUT2D eigenvalue weighted by Gasteiger charge is -2.18. The van der Waals surface area contributed by atoms with E-state index in [4.69, 9.17) is 21.1 Å². The van der Waals surface area contributed by atoms with Crippen molar-refractivity contribution in [1.29, 1.82) is 0 Å². The molecule has 0 aliphatic heterocycles. The van der Waals surface area contributed by atoms with E-state index in [-0.39, 0.29) is 5.91 Å². The van der Waals surface area contributed by atoms with Gasteiger partial charge in [-0.25, -0.2) is 4.98 Å². The quantitative estimate of drug-likeness (QED) is 0.745. The molecular formula is C19H24ClN3O3. The molecule has 0 radical (unpaired) electrons. The zero-order chi connectivity index (χ0) is 19.1. The number of nitrogens with one attached hydrogen (secondary N) is 1. The molecule has 7 heteroatoms. The smallest absolute Gasteiger partial charge is 0.274 e. The molecule has 1 N–H and O–H groups in total. The zero-order valence-electron chi connectivity index (χ0n) is 15.5. The number of hydrogen-bond donors (Lipinski definition) is 1. The summed E-state index contributed by atoms with van der Waals surface area (Å²) in [7, 11) is 5.03. The molecular weight excluding hydrogens is 354 g/mol. The molecule has 0 aliphatic rings. The Kier molecular flexibility index (Phi) is 7.09. The van der Waals surface area contributed by atoms with Crippen LogP contribution in [0.3, 0.4) is 0 Å². The average molecular weight is 378 g/mol. The van der Waals surface area contributed by atoms with Gasteiger partial charge in [-0.1, -0.05) is 24.9 Å². The van der Waals surface area contributed by atoms with Gasteiger partial charge in [-0.05, 0) is 18.6 Å². The molecule has 0 spiro atoms. The fourth-order valence-electron chi connectivity index (χ4n) is 2.42. The van der Waals surface area contributed by atoms with Crippen LogP contribution in [0.25, 0.3) is 0 Å². The van der Waals surface area contributed by atoms with Crippen LogP contribution in [0, 0.1) is 0 Å². The summed E-state index contributed by atoms with van der Waals surface area (Å²) in [5.74, 6) is 0.555. The number of unbranched alkanes of at least 4 members (excludes halogenated alkanes) is 1. The molecule has 6 nitrogen and oxygen atoms in total. The fraction of sp³-hybridized carbons (Fsp3) is 0.368. The summed E-state index contributed by atoms with van der Waals surface area (Å²) in [6, 6.07) is 6.80. The number of benzene rings is 1. The Morgan fingerprint density at radius 2 is 1.96 bits per heavy atom. The first-order chi connectivity index (χ1) is 12.5. The molecule has 1 aromatic carbocycles. The van der Waals surface area contributed by atoms with Crippen molar-refractivity contribution in [3.8, 4) is 11.5 Å². The molecule has 0 bridgehead atoms. The number of amides is 1. The number of halogens is 1. The standard InChI is InChI=1S/C19H24ClN3O3/c1-5-6-9-23(2)13-7-8-15(21-12-13)19(24)22-16-11-17(25-3)14(20)10-18(16)26-4/h7-8,10-12H,5-6,9H2,1-4H3,(H,22,24). The number of methoxy groups -OCH3 is 2. The lowest BCUT2D eigenvalue weighted by atomic mass is 10.2. The fourth-order valence-corrected chi connectivity index (χ4v) is 2.65. The van der Waals surface area contributed by atoms with Crippen LogP contribution in [-0.2, 0) is 0 Å². The summed E-state index contributed by atoms with van der Waals surface area (Å²) in [6.07, 6.45) is 3.94. The lowest BCUT2D eigenvalue weighted by molar-refractivity contribution is 0.102. The van der Waals surface area contributed by atoms with Crippen LogP contribution in [0.4, 0.5) is 11.4 Å². The van der Waals surface area contributed by atoms with E-state index in [1.54, 1.807) is 24.4 Å². The number of anilines is 2. The molecule has 0 aliphatic carbocycles. The van der Waals surface area contributed by atoms with Crippen LogP contribution in [0.2, 0.25) is 5.02 Å². The molecule has 140 valence electrons. The van der Waals surface area contributed by atoms with Crippen molar-refractivity contribution in [2.75, 3.05) is 38.0 Å². The SMILES string of the molecule is CCCCN(C)c1ccc(C(=O)Nc2cc(OC)c(Cl)cc2OC)nc1. The number of aromatic nitrogens is 1. The van der Waals surface area contributed by atoms with Gasteiger partial charge in [0.2, 0.25) is 0 Å². The van der Waals surface area contributed by atoms with Gasteiger partial charge in [0, 0.05) is 25.7 Å². The Morgan fingerprint density at radius 1 is 1.23 bits per heavy atom. The van der Waals surface area contributed by atoms with Crippen molar-refractivity contribution in [1.82, 2.24) is 4.98 Å². The van der Waals surface area contributed by atoms with E-state index in [1.165, 1.54) is 14.2 Å². The second kappa shape index (κ2) is 9.29. The molecule has 1 heterocycles. The lowest BCUT2D eigenvalue weighted by Crippen LogP contribution is -2.19. The van der Waals surface area contributed by atoms with Crippen molar-refractivity contribution in [2.24, 2.45) is 0 Å². The molecule has 1 amide bonds. The van der Waals surface area contributed by atoms with Gasteiger partial charge in [-0.2, -0.15) is 0 Å². The Bertz CT molecular complexity index is 750. The van der Waals surface area contributed by atoms with Gasteiger partial charge in [-0.3, -0.25) is 4.79 Å². The Hall–Kier alpha value is -2.47. The van der Waals surface area contributed by atoms with Gasteiger partial charge in [0.1, 0.15) is 17.2 Å². The first kappa shape index (κ1) is 19.8. The summed E-state index contributed by atoms with van der Waals surface area (Å²) in [4.78, 5) is 18.9. The largest absolute Gasteiger partial charge is 0.495 e. The molecule has 26 heavy (non-hydrogen) atoms. The average Bonchev–Trinajstić information content (AvgIpc) is 2.67. The number of carbonyl (C=O) groups is 1. The van der Waals surface area contributed by atoms with Crippen LogP contribution in [0.5, 0.6) is 11.5 Å². The highest BCUT2D eigenvalue weighted by Crippen LogP contribution is 2.36. The number of pyridine rings is 1. The van der Waals surface area contributed by atoms with Crippen molar-refractivity contribution in [3.05, 3.63) is 41.2 Å². The van der Waals surface area contributed by atoms with Crippen molar-refractivity contribution >= 4 is 28.9 Å². The summed E-state index contributed by atoms with van der Waals surface area (Å²) in [5, 5.41) is 3.19. The molecule has 1 aromatic heterocycles. The maximum atomic E-state index is 12.5. The summed E-state index contributed by atoms with van der Waals surface area (Å²) in [6.45, 7) is 3.10. The highest BCUT2D eigenvalue weighted by Gasteiger charge is 2.15. The topological polar surface area (TPSA) is 63.7 Å². The zero-order valence-corrected chi connectivity index (χ0v) is 16.3. The van der Waals surface area contributed by atoms with E-state index >= 15 is 0 Å². The predicted octanol–water partition coefficient (Wildman–Crippen LogP) is 4.24. The number of carbonyl (C=O) groups excluding carboxylic acids is 1. The maximum absolute atomic E-state index is 12.5. The van der Waals surface area contributed by atoms with Gasteiger partial charge in [0.15, 0.2) is 0 Å². The van der Waals surface area contributed by atoms with Crippen LogP contribution in [0.1, 0.15) is 30.3 Å². The maximum Gasteiger partial charge on any atom is 0.274 e. The molecule has 0 saturated carbocycles. The van der Waals surface area contributed by atoms with Gasteiger partial charge >= 0.3 is 0 Å². The Balaban J connectivity index is 2.15. The highest BCUT2D eigenvalue weighted by atomic mass is 35.5. The summed E-state index contributed by atoms with van der Waals surface area (Å²) < 4.78 is 10.5. The molecule has 0 atom stereocenters. The van der Waals surface area contributed by atoms with Gasteiger partial charge in [-0.15, -0.1) is 0 Å². The van der Waals surface area contributed by atoms with Crippen molar-refractivity contribution in [2.45, 2.75) is 19.8 Å². The molecule has 0 unspecified atom stereocenters. The van der Waals surface area contributed by atoms with E-state index in [2.05, 4.69) is 22.1 Å². The van der Waals surface area contributed by atoms with E-state index in [0.29, 0.717) is 27.9 Å². The minimum Gasteiger partial charge on any atom is -0.495 e. The van der Waals surface area contributed by atoms with Crippen LogP contribution < -0.4 is 19.7 Å². The van der Waals surface area contributed by atoms with E-state index in [9.17, 15) is 4.79 Å². The van der Waals surface area contributed by atoms with Gasteiger partial charge < -0.3 is 19.7 Å². The predicted molar refractivity (Wildman–Crippen MR) is 105 cm³/mol. The Morgan fingerprint density at radius 3 is 2.54 bits per heavy atom. The van der Waals surface area contributed by atoms with Gasteiger partial charge in [0.05, 0.1) is 36.8 Å². The molecule has 0 saturated heterocycles. The second-order valence-corrected chi connectivity index (χ2v) is 6.23. The third kappa shape index (κ3) is 4.79. The van der Waals surface area contributed by atoms with E-state index in [1.807, 2.05) is 13.1 Å². The van der Waals surface area contributed by atoms with Crippen LogP contribution in [-0.4, -0.2) is 38.7 Å². The van der Waals surface area contributed by atoms with Crippen molar-refractivity contribution < 1.29 is 14.3 Å². The monoisotopic (exact) mass is 377 g/mol. The minimum absolute atomic E-state index is 0.314. The normalized spacial score (nSPS) is 10.3. The minimum atomic E-state index is -0.338.